The molecule has 0 aromatic carbocycles. The predicted molar refractivity (Wildman–Crippen MR) is 78.0 cm³/mol. The molecule has 2 heterocycles. The third-order valence-corrected chi connectivity index (χ3v) is 2.94. The second kappa shape index (κ2) is 6.93. The minimum Gasteiger partial charge on any atom is -0.469 e. The van der Waals surface area contributed by atoms with Crippen LogP contribution in [0, 0.1) is 6.92 Å². The summed E-state index contributed by atoms with van der Waals surface area (Å²) in [4.78, 5) is 8.95. The van der Waals surface area contributed by atoms with Crippen LogP contribution in [0.2, 0.25) is 0 Å². The van der Waals surface area contributed by atoms with Crippen LogP contribution in [0.1, 0.15) is 37.4 Å². The van der Waals surface area contributed by atoms with E-state index in [4.69, 9.17) is 9.15 Å². The van der Waals surface area contributed by atoms with Crippen LogP contribution in [0.15, 0.2) is 22.8 Å². The summed E-state index contributed by atoms with van der Waals surface area (Å²) in [5.74, 6) is 3.03. The maximum atomic E-state index is 5.76. The van der Waals surface area contributed by atoms with E-state index in [-0.39, 0.29) is 0 Å². The number of rotatable bonds is 7. The summed E-state index contributed by atoms with van der Waals surface area (Å²) in [7, 11) is 0. The average molecular weight is 275 g/mol. The molecule has 0 aliphatic heterocycles. The Morgan fingerprint density at radius 1 is 1.30 bits per heavy atom. The highest BCUT2D eigenvalue weighted by Crippen LogP contribution is 2.23. The van der Waals surface area contributed by atoms with Gasteiger partial charge in [0.15, 0.2) is 0 Å². The van der Waals surface area contributed by atoms with Crippen molar-refractivity contribution < 1.29 is 9.15 Å². The van der Waals surface area contributed by atoms with Crippen molar-refractivity contribution >= 4 is 5.82 Å². The van der Waals surface area contributed by atoms with Crippen molar-refractivity contribution in [2.75, 3.05) is 11.9 Å². The molecule has 0 saturated heterocycles. The molecule has 20 heavy (non-hydrogen) atoms. The van der Waals surface area contributed by atoms with Crippen molar-refractivity contribution in [3.05, 3.63) is 35.5 Å². The van der Waals surface area contributed by atoms with Crippen LogP contribution in [-0.2, 0) is 13.0 Å². The van der Waals surface area contributed by atoms with Gasteiger partial charge in [0.05, 0.1) is 11.8 Å². The molecule has 2 aromatic rings. The van der Waals surface area contributed by atoms with Gasteiger partial charge in [-0.15, -0.1) is 0 Å². The number of anilines is 1. The zero-order chi connectivity index (χ0) is 14.4. The van der Waals surface area contributed by atoms with Crippen molar-refractivity contribution in [3.63, 3.8) is 0 Å². The van der Waals surface area contributed by atoms with Gasteiger partial charge in [-0.25, -0.2) is 4.98 Å². The first kappa shape index (κ1) is 14.4. The van der Waals surface area contributed by atoms with Gasteiger partial charge >= 0.3 is 0 Å². The third-order valence-electron chi connectivity index (χ3n) is 2.94. The van der Waals surface area contributed by atoms with E-state index in [1.54, 1.807) is 6.26 Å². The van der Waals surface area contributed by atoms with E-state index < -0.39 is 0 Å². The zero-order valence-corrected chi connectivity index (χ0v) is 12.3. The zero-order valence-electron chi connectivity index (χ0n) is 12.3. The summed E-state index contributed by atoms with van der Waals surface area (Å²) in [6.07, 6.45) is 3.46. The SMILES string of the molecule is CCCNc1nc(CC)nc(OCc2ccco2)c1C. The quantitative estimate of drug-likeness (QED) is 0.839. The molecule has 0 spiro atoms. The summed E-state index contributed by atoms with van der Waals surface area (Å²) >= 11 is 0. The molecule has 0 atom stereocenters. The summed E-state index contributed by atoms with van der Waals surface area (Å²) in [5, 5.41) is 3.32. The van der Waals surface area contributed by atoms with Crippen LogP contribution in [0.4, 0.5) is 5.82 Å². The minimum atomic E-state index is 0.376. The van der Waals surface area contributed by atoms with Gasteiger partial charge in [0, 0.05) is 13.0 Å². The molecule has 0 amide bonds. The van der Waals surface area contributed by atoms with Crippen molar-refractivity contribution in [3.8, 4) is 5.88 Å². The van der Waals surface area contributed by atoms with Gasteiger partial charge in [0.2, 0.25) is 5.88 Å². The molecule has 1 N–H and O–H groups in total. The third kappa shape index (κ3) is 3.50. The standard InChI is InChI=1S/C15H21N3O2/c1-4-8-16-14-11(3)15(18-13(5-2)17-14)20-10-12-7-6-9-19-12/h6-7,9H,4-5,8,10H2,1-3H3,(H,16,17,18). The smallest absolute Gasteiger partial charge is 0.222 e. The molecule has 0 saturated carbocycles. The van der Waals surface area contributed by atoms with E-state index in [1.807, 2.05) is 26.0 Å². The molecule has 5 nitrogen and oxygen atoms in total. The second-order valence-electron chi connectivity index (χ2n) is 4.57. The van der Waals surface area contributed by atoms with Gasteiger partial charge in [0.1, 0.15) is 24.0 Å². The van der Waals surface area contributed by atoms with Gasteiger partial charge < -0.3 is 14.5 Å². The number of hydrogen-bond acceptors (Lipinski definition) is 5. The number of furan rings is 1. The normalized spacial score (nSPS) is 10.6. The maximum Gasteiger partial charge on any atom is 0.222 e. The largest absolute Gasteiger partial charge is 0.469 e. The Balaban J connectivity index is 2.17. The Hall–Kier alpha value is -2.04. The van der Waals surface area contributed by atoms with Crippen LogP contribution in [-0.4, -0.2) is 16.5 Å². The summed E-state index contributed by atoms with van der Waals surface area (Å²) in [6.45, 7) is 7.39. The molecular weight excluding hydrogens is 254 g/mol. The number of nitrogens with zero attached hydrogens (tertiary/aromatic N) is 2. The number of aromatic nitrogens is 2. The summed E-state index contributed by atoms with van der Waals surface area (Å²) in [6, 6.07) is 3.73. The Labute approximate surface area is 119 Å². The molecule has 0 fully saturated rings. The van der Waals surface area contributed by atoms with Crippen molar-refractivity contribution in [1.82, 2.24) is 9.97 Å². The van der Waals surface area contributed by atoms with E-state index >= 15 is 0 Å². The van der Waals surface area contributed by atoms with Gasteiger partial charge in [-0.3, -0.25) is 0 Å². The van der Waals surface area contributed by atoms with Crippen molar-refractivity contribution in [1.29, 1.82) is 0 Å². The predicted octanol–water partition coefficient (Wildman–Crippen LogP) is 3.34. The monoisotopic (exact) mass is 275 g/mol. The lowest BCUT2D eigenvalue weighted by Crippen LogP contribution is -2.09. The second-order valence-corrected chi connectivity index (χ2v) is 4.57. The lowest BCUT2D eigenvalue weighted by molar-refractivity contribution is 0.258. The first-order chi connectivity index (χ1) is 9.74. The van der Waals surface area contributed by atoms with Crippen LogP contribution < -0.4 is 10.1 Å². The lowest BCUT2D eigenvalue weighted by atomic mass is 10.3. The fraction of sp³-hybridized carbons (Fsp3) is 0.467. The average Bonchev–Trinajstić information content (AvgIpc) is 2.98. The molecule has 0 unspecified atom stereocenters. The molecule has 2 rings (SSSR count). The van der Waals surface area contributed by atoms with Crippen LogP contribution in [0.5, 0.6) is 5.88 Å². The lowest BCUT2D eigenvalue weighted by Gasteiger charge is -2.13. The minimum absolute atomic E-state index is 0.376. The Kier molecular flexibility index (Phi) is 4.98. The van der Waals surface area contributed by atoms with Crippen molar-refractivity contribution in [2.45, 2.75) is 40.2 Å². The molecule has 5 heteroatoms. The number of hydrogen-bond donors (Lipinski definition) is 1. The molecule has 0 bridgehead atoms. The molecular formula is C15H21N3O2. The van der Waals surface area contributed by atoms with E-state index in [0.29, 0.717) is 12.5 Å². The van der Waals surface area contributed by atoms with E-state index in [9.17, 15) is 0 Å². The summed E-state index contributed by atoms with van der Waals surface area (Å²) < 4.78 is 11.0. The Morgan fingerprint density at radius 3 is 2.80 bits per heavy atom. The van der Waals surface area contributed by atoms with Crippen molar-refractivity contribution in [2.24, 2.45) is 0 Å². The highest BCUT2D eigenvalue weighted by atomic mass is 16.5. The topological polar surface area (TPSA) is 60.2 Å². The highest BCUT2D eigenvalue weighted by Gasteiger charge is 2.11. The molecule has 2 aromatic heterocycles. The number of ether oxygens (including phenoxy) is 1. The molecule has 0 aliphatic carbocycles. The van der Waals surface area contributed by atoms with Gasteiger partial charge in [-0.05, 0) is 25.5 Å². The fourth-order valence-corrected chi connectivity index (χ4v) is 1.79. The molecule has 108 valence electrons. The van der Waals surface area contributed by atoms with Gasteiger partial charge in [-0.2, -0.15) is 4.98 Å². The van der Waals surface area contributed by atoms with Crippen LogP contribution in [0.3, 0.4) is 0 Å². The molecule has 0 aliphatic rings. The molecule has 0 radical (unpaired) electrons. The fourth-order valence-electron chi connectivity index (χ4n) is 1.79. The van der Waals surface area contributed by atoms with Gasteiger partial charge in [0.25, 0.3) is 0 Å². The van der Waals surface area contributed by atoms with Crippen LogP contribution >= 0.6 is 0 Å². The van der Waals surface area contributed by atoms with Crippen LogP contribution in [0.25, 0.3) is 0 Å². The Morgan fingerprint density at radius 2 is 2.15 bits per heavy atom. The van der Waals surface area contributed by atoms with Gasteiger partial charge in [-0.1, -0.05) is 13.8 Å². The number of aryl methyl sites for hydroxylation is 1. The van der Waals surface area contributed by atoms with E-state index in [2.05, 4.69) is 22.2 Å². The van der Waals surface area contributed by atoms with E-state index in [1.165, 1.54) is 0 Å². The Bertz CT molecular complexity index is 538. The maximum absolute atomic E-state index is 5.76. The number of nitrogens with one attached hydrogen (secondary N) is 1. The first-order valence-electron chi connectivity index (χ1n) is 7.01. The van der Waals surface area contributed by atoms with E-state index in [0.717, 1.165) is 42.4 Å². The summed E-state index contributed by atoms with van der Waals surface area (Å²) in [5.41, 5.74) is 0.933. The highest BCUT2D eigenvalue weighted by molar-refractivity contribution is 5.48. The first-order valence-corrected chi connectivity index (χ1v) is 7.01.